The molecule has 1 atom stereocenters. The van der Waals surface area contributed by atoms with Crippen LogP contribution < -0.4 is 10.1 Å². The topological polar surface area (TPSA) is 84.9 Å². The second-order valence-corrected chi connectivity index (χ2v) is 10.2. The molecule has 3 aromatic carbocycles. The van der Waals surface area contributed by atoms with Crippen LogP contribution in [0.5, 0.6) is 5.75 Å². The van der Waals surface area contributed by atoms with Gasteiger partial charge in [0.15, 0.2) is 0 Å². The number of carbonyl (C=O) groups excluding carboxylic acids is 1. The molecule has 1 amide bonds. The molecule has 1 aliphatic carbocycles. The van der Waals surface area contributed by atoms with Gasteiger partial charge in [-0.2, -0.15) is 0 Å². The van der Waals surface area contributed by atoms with Crippen LogP contribution in [0, 0.1) is 0 Å². The predicted octanol–water partition coefficient (Wildman–Crippen LogP) is 4.24. The summed E-state index contributed by atoms with van der Waals surface area (Å²) in [4.78, 5) is 23.4. The minimum atomic E-state index is -0.949. The molecule has 1 aliphatic rings. The first-order chi connectivity index (χ1) is 16.0. The average molecular weight is 510 g/mol. The van der Waals surface area contributed by atoms with E-state index in [0.717, 1.165) is 33.6 Å². The summed E-state index contributed by atoms with van der Waals surface area (Å²) in [5.41, 5.74) is 5.66. The van der Waals surface area contributed by atoms with Crippen LogP contribution in [0.25, 0.3) is 11.1 Å². The number of benzene rings is 3. The molecule has 33 heavy (non-hydrogen) atoms. The second-order valence-electron chi connectivity index (χ2n) is 7.72. The number of ether oxygens (including phenoxy) is 2. The molecule has 0 unspecified atom stereocenters. The van der Waals surface area contributed by atoms with Crippen LogP contribution in [0.4, 0.5) is 4.79 Å². The summed E-state index contributed by atoms with van der Waals surface area (Å²) in [5.74, 6) is -0.216. The van der Waals surface area contributed by atoms with Crippen LogP contribution in [0.3, 0.4) is 0 Å². The van der Waals surface area contributed by atoms with Crippen molar-refractivity contribution in [2.75, 3.05) is 13.7 Å². The Kier molecular flexibility index (Phi) is 7.33. The van der Waals surface area contributed by atoms with Crippen molar-refractivity contribution in [3.63, 3.8) is 0 Å². The van der Waals surface area contributed by atoms with E-state index in [1.165, 1.54) is 0 Å². The Balaban J connectivity index is 1.37. The molecule has 0 saturated heterocycles. The number of alkyl carbamates (subject to hydrolysis) is 1. The summed E-state index contributed by atoms with van der Waals surface area (Å²) in [6.45, 7) is 0.200. The average Bonchev–Trinajstić information content (AvgIpc) is 3.15. The Labute approximate surface area is 199 Å². The maximum atomic E-state index is 12.6. The molecule has 170 valence electrons. The molecule has 6 nitrogen and oxygen atoms in total. The fraction of sp³-hybridized carbons (Fsp3) is 0.231. The van der Waals surface area contributed by atoms with E-state index >= 15 is 0 Å². The molecule has 3 aromatic rings. The van der Waals surface area contributed by atoms with Gasteiger partial charge in [0.25, 0.3) is 0 Å². The Hall–Kier alpha value is -3.28. The van der Waals surface area contributed by atoms with Crippen molar-refractivity contribution in [2.24, 2.45) is 0 Å². The zero-order valence-corrected chi connectivity index (χ0v) is 19.9. The summed E-state index contributed by atoms with van der Waals surface area (Å²) in [6.07, 6.45) is -0.722. The van der Waals surface area contributed by atoms with Crippen LogP contribution in [-0.4, -0.2) is 50.8 Å². The molecule has 7 heteroatoms. The van der Waals surface area contributed by atoms with E-state index in [0.29, 0.717) is 5.32 Å². The van der Waals surface area contributed by atoms with Crippen LogP contribution >= 0.6 is 0 Å². The fourth-order valence-corrected chi connectivity index (χ4v) is 6.15. The van der Waals surface area contributed by atoms with Gasteiger partial charge in [0, 0.05) is 0 Å². The Morgan fingerprint density at radius 1 is 0.970 bits per heavy atom. The van der Waals surface area contributed by atoms with E-state index in [4.69, 9.17) is 9.47 Å². The Bertz CT molecular complexity index is 1090. The summed E-state index contributed by atoms with van der Waals surface area (Å²) in [7, 11) is 1.61. The molecule has 0 radical (unpaired) electrons. The van der Waals surface area contributed by atoms with Crippen LogP contribution in [0.15, 0.2) is 72.8 Å². The number of methoxy groups -OCH3 is 1. The first-order valence-corrected chi connectivity index (χ1v) is 12.8. The van der Waals surface area contributed by atoms with Gasteiger partial charge in [0.1, 0.15) is 0 Å². The number of carboxylic acids is 1. The van der Waals surface area contributed by atoms with Gasteiger partial charge in [-0.1, -0.05) is 0 Å². The van der Waals surface area contributed by atoms with E-state index in [1.54, 1.807) is 7.11 Å². The number of aliphatic carboxylic acids is 1. The number of carbonyl (C=O) groups is 2. The van der Waals surface area contributed by atoms with Gasteiger partial charge in [-0.05, 0) is 0 Å². The van der Waals surface area contributed by atoms with Gasteiger partial charge in [-0.15, -0.1) is 0 Å². The normalized spacial score (nSPS) is 13.0. The number of amides is 1. The number of fused-ring (bicyclic) bond motifs is 3. The van der Waals surface area contributed by atoms with E-state index in [9.17, 15) is 14.7 Å². The van der Waals surface area contributed by atoms with Crippen molar-refractivity contribution in [1.82, 2.24) is 5.32 Å². The first-order valence-electron chi connectivity index (χ1n) is 10.6. The van der Waals surface area contributed by atoms with Gasteiger partial charge in [0.2, 0.25) is 0 Å². The molecule has 4 rings (SSSR count). The SMILES string of the molecule is COc1ccc(C[Se][C@H](CC(=O)O)NC(=O)OCC2c3ccccc3-c3ccccc32)cc1. The molecule has 0 fully saturated rings. The third kappa shape index (κ3) is 5.56. The van der Waals surface area contributed by atoms with Crippen molar-refractivity contribution in [3.05, 3.63) is 89.5 Å². The Morgan fingerprint density at radius 2 is 1.58 bits per heavy atom. The van der Waals surface area contributed by atoms with E-state index in [1.807, 2.05) is 48.5 Å². The molecule has 0 heterocycles. The van der Waals surface area contributed by atoms with Crippen LogP contribution in [0.2, 0.25) is 0 Å². The van der Waals surface area contributed by atoms with Gasteiger partial charge in [-0.25, -0.2) is 0 Å². The third-order valence-corrected chi connectivity index (χ3v) is 8.08. The van der Waals surface area contributed by atoms with Gasteiger partial charge < -0.3 is 0 Å². The third-order valence-electron chi connectivity index (χ3n) is 5.59. The van der Waals surface area contributed by atoms with Crippen molar-refractivity contribution in [2.45, 2.75) is 22.6 Å². The predicted molar refractivity (Wildman–Crippen MR) is 127 cm³/mol. The van der Waals surface area contributed by atoms with Crippen LogP contribution in [-0.2, 0) is 14.9 Å². The van der Waals surface area contributed by atoms with Gasteiger partial charge >= 0.3 is 199 Å². The zero-order valence-electron chi connectivity index (χ0n) is 18.2. The monoisotopic (exact) mass is 511 g/mol. The fourth-order valence-electron chi connectivity index (χ4n) is 4.00. The number of carboxylic acid groups (broad SMARTS) is 1. The van der Waals surface area contributed by atoms with Crippen LogP contribution in [0.1, 0.15) is 29.0 Å². The summed E-state index contributed by atoms with van der Waals surface area (Å²) >= 11 is -0.154. The molecular formula is C26H25NO5Se. The van der Waals surface area contributed by atoms with Crippen molar-refractivity contribution >= 4 is 27.0 Å². The molecule has 0 saturated carbocycles. The first kappa shape index (κ1) is 22.9. The molecular weight excluding hydrogens is 485 g/mol. The maximum absolute atomic E-state index is 12.6. The summed E-state index contributed by atoms with van der Waals surface area (Å²) in [6, 6.07) is 23.9. The quantitative estimate of drug-likeness (QED) is 0.421. The Morgan fingerprint density at radius 3 is 2.15 bits per heavy atom. The minimum absolute atomic E-state index is 0.0362. The molecule has 0 bridgehead atoms. The van der Waals surface area contributed by atoms with Gasteiger partial charge in [0.05, 0.1) is 0 Å². The van der Waals surface area contributed by atoms with E-state index in [-0.39, 0.29) is 33.9 Å². The number of hydrogen-bond acceptors (Lipinski definition) is 4. The summed E-state index contributed by atoms with van der Waals surface area (Å²) < 4.78 is 10.8. The standard InChI is InChI=1S/C26H25NO5Se/c1-31-18-12-10-17(11-13-18)16-33-24(14-25(28)29)27-26(30)32-15-23-21-8-4-2-6-19(21)20-7-3-5-9-22(20)23/h2-13,23-24H,14-16H2,1H3,(H,27,30)(H,28,29)/t24-/m1/s1. The van der Waals surface area contributed by atoms with Gasteiger partial charge in [-0.3, -0.25) is 0 Å². The molecule has 0 aromatic heterocycles. The summed E-state index contributed by atoms with van der Waals surface area (Å²) in [5, 5.41) is 12.8. The second kappa shape index (κ2) is 10.6. The number of nitrogens with one attached hydrogen (secondary N) is 1. The number of rotatable bonds is 9. The van der Waals surface area contributed by atoms with Crippen molar-refractivity contribution < 1.29 is 24.2 Å². The number of hydrogen-bond donors (Lipinski definition) is 2. The zero-order chi connectivity index (χ0) is 23.2. The van der Waals surface area contributed by atoms with Crippen molar-refractivity contribution in [3.8, 4) is 16.9 Å². The van der Waals surface area contributed by atoms with Crippen molar-refractivity contribution in [1.29, 1.82) is 0 Å². The van der Waals surface area contributed by atoms with E-state index < -0.39 is 17.0 Å². The van der Waals surface area contributed by atoms with E-state index in [2.05, 4.69) is 29.6 Å². The molecule has 2 N–H and O–H groups in total. The molecule has 0 aliphatic heterocycles. The molecule has 0 spiro atoms.